The molecule has 1 aromatic carbocycles. The number of benzene rings is 1. The topological polar surface area (TPSA) is 46.5 Å². The number of rotatable bonds is 2. The zero-order chi connectivity index (χ0) is 14.1. The predicted octanol–water partition coefficient (Wildman–Crippen LogP) is 4.30. The molecule has 0 fully saturated rings. The minimum absolute atomic E-state index is 0.466. The van der Waals surface area contributed by atoms with Gasteiger partial charge in [-0.05, 0) is 42.5 Å². The quantitative estimate of drug-likeness (QED) is 0.715. The largest absolute Gasteiger partial charge is 0.268 e. The van der Waals surface area contributed by atoms with Crippen LogP contribution in [-0.4, -0.2) is 19.7 Å². The number of hydrogen-bond donors (Lipinski definition) is 1. The van der Waals surface area contributed by atoms with Crippen molar-refractivity contribution in [2.45, 2.75) is 0 Å². The molecule has 0 aliphatic carbocycles. The number of pyridine rings is 1. The summed E-state index contributed by atoms with van der Waals surface area (Å²) in [5.74, 6) is 0.691. The molecule has 3 rings (SSSR count). The molecule has 0 unspecified atom stereocenters. The summed E-state index contributed by atoms with van der Waals surface area (Å²) >= 11 is 17.3. The van der Waals surface area contributed by atoms with Gasteiger partial charge in [0.1, 0.15) is 0 Å². The van der Waals surface area contributed by atoms with Crippen LogP contribution >= 0.6 is 35.4 Å². The van der Waals surface area contributed by atoms with Gasteiger partial charge in [-0.3, -0.25) is 14.6 Å². The van der Waals surface area contributed by atoms with Crippen LogP contribution in [0, 0.1) is 4.77 Å². The van der Waals surface area contributed by atoms with Crippen LogP contribution in [0.15, 0.2) is 42.7 Å². The second-order valence-electron chi connectivity index (χ2n) is 4.02. The summed E-state index contributed by atoms with van der Waals surface area (Å²) < 4.78 is 2.28. The Morgan fingerprint density at radius 3 is 2.50 bits per heavy atom. The summed E-state index contributed by atoms with van der Waals surface area (Å²) in [7, 11) is 0. The van der Waals surface area contributed by atoms with E-state index in [2.05, 4.69) is 15.2 Å². The zero-order valence-electron chi connectivity index (χ0n) is 10.0. The van der Waals surface area contributed by atoms with Gasteiger partial charge in [0.2, 0.25) is 0 Å². The molecular weight excluding hydrogens is 315 g/mol. The van der Waals surface area contributed by atoms with E-state index in [1.807, 2.05) is 18.2 Å². The first-order chi connectivity index (χ1) is 9.66. The normalized spacial score (nSPS) is 10.7. The van der Waals surface area contributed by atoms with Crippen molar-refractivity contribution in [1.82, 2.24) is 19.7 Å². The van der Waals surface area contributed by atoms with Crippen molar-refractivity contribution >= 4 is 35.4 Å². The Balaban J connectivity index is 2.22. The van der Waals surface area contributed by atoms with E-state index in [1.165, 1.54) is 0 Å². The van der Waals surface area contributed by atoms with E-state index in [0.717, 1.165) is 11.3 Å². The average Bonchev–Trinajstić information content (AvgIpc) is 2.85. The molecule has 0 radical (unpaired) electrons. The van der Waals surface area contributed by atoms with Crippen molar-refractivity contribution in [3.05, 3.63) is 57.5 Å². The lowest BCUT2D eigenvalue weighted by atomic mass is 10.2. The van der Waals surface area contributed by atoms with Crippen LogP contribution in [0.3, 0.4) is 0 Å². The maximum Gasteiger partial charge on any atom is 0.200 e. The van der Waals surface area contributed by atoms with Gasteiger partial charge >= 0.3 is 0 Å². The molecule has 4 nitrogen and oxygen atoms in total. The number of nitrogens with one attached hydrogen (secondary N) is 1. The minimum Gasteiger partial charge on any atom is -0.268 e. The Labute approximate surface area is 130 Å². The third-order valence-corrected chi connectivity index (χ3v) is 3.79. The van der Waals surface area contributed by atoms with Crippen LogP contribution in [0.5, 0.6) is 0 Å². The first kappa shape index (κ1) is 13.3. The summed E-state index contributed by atoms with van der Waals surface area (Å²) in [6.45, 7) is 0. The molecular formula is C13H8Cl2N4S. The van der Waals surface area contributed by atoms with Gasteiger partial charge in [-0.2, -0.15) is 5.10 Å². The van der Waals surface area contributed by atoms with Crippen LogP contribution in [-0.2, 0) is 0 Å². The fourth-order valence-corrected chi connectivity index (χ4v) is 2.39. The first-order valence-electron chi connectivity index (χ1n) is 5.70. The van der Waals surface area contributed by atoms with Crippen molar-refractivity contribution < 1.29 is 0 Å². The van der Waals surface area contributed by atoms with E-state index in [1.54, 1.807) is 29.1 Å². The van der Waals surface area contributed by atoms with Crippen molar-refractivity contribution in [2.24, 2.45) is 0 Å². The predicted molar refractivity (Wildman–Crippen MR) is 82.0 cm³/mol. The Hall–Kier alpha value is -1.69. The smallest absolute Gasteiger partial charge is 0.200 e. The molecule has 100 valence electrons. The van der Waals surface area contributed by atoms with Crippen LogP contribution in [0.1, 0.15) is 0 Å². The van der Waals surface area contributed by atoms with Crippen molar-refractivity contribution in [3.63, 3.8) is 0 Å². The summed E-state index contributed by atoms with van der Waals surface area (Å²) in [5, 5.41) is 8.01. The van der Waals surface area contributed by atoms with E-state index in [9.17, 15) is 0 Å². The Kier molecular flexibility index (Phi) is 3.56. The number of aromatic amines is 1. The van der Waals surface area contributed by atoms with Crippen molar-refractivity contribution in [2.75, 3.05) is 0 Å². The maximum absolute atomic E-state index is 6.06. The number of aromatic nitrogens is 4. The maximum atomic E-state index is 6.06. The third kappa shape index (κ3) is 2.35. The van der Waals surface area contributed by atoms with Gasteiger partial charge in [0.25, 0.3) is 0 Å². The molecule has 1 N–H and O–H groups in total. The molecule has 0 amide bonds. The number of halogens is 2. The minimum atomic E-state index is 0.466. The highest BCUT2D eigenvalue weighted by atomic mass is 35.5. The van der Waals surface area contributed by atoms with E-state index in [-0.39, 0.29) is 0 Å². The highest BCUT2D eigenvalue weighted by Gasteiger charge is 2.11. The summed E-state index contributed by atoms with van der Waals surface area (Å²) in [6.07, 6.45) is 3.40. The molecule has 0 bridgehead atoms. The van der Waals surface area contributed by atoms with Crippen LogP contribution in [0.2, 0.25) is 10.0 Å². The number of nitrogens with zero attached hydrogens (tertiary/aromatic N) is 3. The molecule has 0 atom stereocenters. The highest BCUT2D eigenvalue weighted by molar-refractivity contribution is 7.71. The fourth-order valence-electron chi connectivity index (χ4n) is 1.86. The first-order valence-corrected chi connectivity index (χ1v) is 6.86. The van der Waals surface area contributed by atoms with E-state index < -0.39 is 0 Å². The Bertz CT molecular complexity index is 811. The second-order valence-corrected chi connectivity index (χ2v) is 5.22. The third-order valence-electron chi connectivity index (χ3n) is 2.77. The van der Waals surface area contributed by atoms with Gasteiger partial charge < -0.3 is 0 Å². The lowest BCUT2D eigenvalue weighted by Crippen LogP contribution is -1.97. The van der Waals surface area contributed by atoms with E-state index >= 15 is 0 Å². The average molecular weight is 323 g/mol. The highest BCUT2D eigenvalue weighted by Crippen LogP contribution is 2.27. The van der Waals surface area contributed by atoms with Gasteiger partial charge in [0, 0.05) is 18.0 Å². The molecule has 0 saturated carbocycles. The molecule has 0 aliphatic heterocycles. The summed E-state index contributed by atoms with van der Waals surface area (Å²) in [5.41, 5.74) is 1.70. The second kappa shape index (κ2) is 5.36. The van der Waals surface area contributed by atoms with Gasteiger partial charge in [0.05, 0.1) is 15.7 Å². The molecule has 2 heterocycles. The summed E-state index contributed by atoms with van der Waals surface area (Å²) in [4.78, 5) is 3.99. The monoisotopic (exact) mass is 322 g/mol. The standard InChI is InChI=1S/C13H8Cl2N4S/c14-10-2-1-9(7-11(10)15)19-12(17-18-13(19)20)8-3-5-16-6-4-8/h1-7H,(H,18,20). The zero-order valence-corrected chi connectivity index (χ0v) is 12.4. The lowest BCUT2D eigenvalue weighted by molar-refractivity contribution is 1.04. The Morgan fingerprint density at radius 2 is 1.80 bits per heavy atom. The van der Waals surface area contributed by atoms with Crippen molar-refractivity contribution in [3.8, 4) is 17.1 Å². The summed E-state index contributed by atoms with van der Waals surface area (Å²) in [6, 6.07) is 9.03. The van der Waals surface area contributed by atoms with Gasteiger partial charge in [-0.25, -0.2) is 0 Å². The van der Waals surface area contributed by atoms with Crippen LogP contribution < -0.4 is 0 Å². The molecule has 0 spiro atoms. The van der Waals surface area contributed by atoms with E-state index in [4.69, 9.17) is 35.4 Å². The van der Waals surface area contributed by atoms with Crippen molar-refractivity contribution in [1.29, 1.82) is 0 Å². The SMILES string of the molecule is S=c1[nH]nc(-c2ccncc2)n1-c1ccc(Cl)c(Cl)c1. The van der Waals surface area contributed by atoms with Crippen LogP contribution in [0.25, 0.3) is 17.1 Å². The molecule has 3 aromatic rings. The van der Waals surface area contributed by atoms with Gasteiger partial charge in [-0.15, -0.1) is 0 Å². The molecule has 0 aliphatic rings. The van der Waals surface area contributed by atoms with Crippen LogP contribution in [0.4, 0.5) is 0 Å². The fraction of sp³-hybridized carbons (Fsp3) is 0. The number of hydrogen-bond acceptors (Lipinski definition) is 3. The molecule has 20 heavy (non-hydrogen) atoms. The Morgan fingerprint density at radius 1 is 1.05 bits per heavy atom. The molecule has 2 aromatic heterocycles. The molecule has 7 heteroatoms. The molecule has 0 saturated heterocycles. The van der Waals surface area contributed by atoms with E-state index in [0.29, 0.717) is 20.6 Å². The number of H-pyrrole nitrogens is 1. The van der Waals surface area contributed by atoms with Gasteiger partial charge in [-0.1, -0.05) is 23.2 Å². The lowest BCUT2D eigenvalue weighted by Gasteiger charge is -2.07. The van der Waals surface area contributed by atoms with Gasteiger partial charge in [0.15, 0.2) is 10.6 Å².